The smallest absolute Gasteiger partial charge is 0.367 e. The lowest BCUT2D eigenvalue weighted by Crippen LogP contribution is -2.50. The molecule has 12 heteroatoms. The van der Waals surface area contributed by atoms with Gasteiger partial charge in [0.1, 0.15) is 45.0 Å². The fourth-order valence-electron chi connectivity index (χ4n) is 7.38. The van der Waals surface area contributed by atoms with Crippen LogP contribution in [0.15, 0.2) is 42.7 Å². The third kappa shape index (κ3) is 3.22. The number of aromatic hydroxyl groups is 2. The van der Waals surface area contributed by atoms with E-state index in [4.69, 9.17) is 23.0 Å². The van der Waals surface area contributed by atoms with Crippen molar-refractivity contribution in [2.75, 3.05) is 13.7 Å². The number of aryl methyl sites for hydroxylation is 2. The third-order valence-electron chi connectivity index (χ3n) is 8.89. The van der Waals surface area contributed by atoms with E-state index >= 15 is 0 Å². The van der Waals surface area contributed by atoms with Crippen LogP contribution in [0.2, 0.25) is 0 Å². The first kappa shape index (κ1) is 27.2. The van der Waals surface area contributed by atoms with E-state index in [1.54, 1.807) is 19.9 Å². The van der Waals surface area contributed by atoms with Crippen LogP contribution < -0.4 is 10.9 Å². The number of fused-ring (bicyclic) bond motifs is 7. The average molecular weight is 591 g/mol. The number of rotatable bonds is 3. The van der Waals surface area contributed by atoms with Crippen molar-refractivity contribution in [3.63, 3.8) is 0 Å². The Balaban J connectivity index is 1.66. The summed E-state index contributed by atoms with van der Waals surface area (Å²) in [5.74, 6) is -9.83. The Morgan fingerprint density at radius 3 is 2.16 bits per heavy atom. The lowest BCUT2D eigenvalue weighted by molar-refractivity contribution is -0.253. The van der Waals surface area contributed by atoms with Crippen molar-refractivity contribution >= 4 is 33.9 Å². The summed E-state index contributed by atoms with van der Waals surface area (Å²) in [6.07, 6.45) is -0.281. The van der Waals surface area contributed by atoms with Gasteiger partial charge in [-0.2, -0.15) is 0 Å². The van der Waals surface area contributed by atoms with Crippen molar-refractivity contribution < 1.29 is 48.0 Å². The number of hydrogen-bond acceptors (Lipinski definition) is 12. The van der Waals surface area contributed by atoms with Crippen LogP contribution in [0.3, 0.4) is 0 Å². The van der Waals surface area contributed by atoms with E-state index in [1.165, 1.54) is 25.1 Å². The van der Waals surface area contributed by atoms with E-state index in [-0.39, 0.29) is 57.8 Å². The van der Waals surface area contributed by atoms with Gasteiger partial charge in [0.25, 0.3) is 5.79 Å². The molecule has 2 aromatic heterocycles. The van der Waals surface area contributed by atoms with Crippen LogP contribution in [0.1, 0.15) is 46.6 Å². The number of esters is 2. The zero-order valence-electron chi connectivity index (χ0n) is 23.5. The van der Waals surface area contributed by atoms with Gasteiger partial charge in [0.15, 0.2) is 0 Å². The molecule has 0 amide bonds. The first-order valence-electron chi connectivity index (χ1n) is 13.7. The largest absolute Gasteiger partial charge is 0.507 e. The first-order chi connectivity index (χ1) is 20.4. The number of carbonyl (C=O) groups excluding carboxylic acids is 2. The first-order valence-corrected chi connectivity index (χ1v) is 13.7. The number of methoxy groups -OCH3 is 1. The predicted molar refractivity (Wildman–Crippen MR) is 147 cm³/mol. The second-order valence-electron chi connectivity index (χ2n) is 11.3. The highest BCUT2D eigenvalue weighted by atomic mass is 16.7. The Hall–Kier alpha value is -4.68. The van der Waals surface area contributed by atoms with Gasteiger partial charge in [0.05, 0.1) is 25.2 Å². The molecule has 4 aromatic rings. The molecule has 43 heavy (non-hydrogen) atoms. The zero-order chi connectivity index (χ0) is 30.7. The SMILES string of the molecule is CCOC(=O)[C@@]1(O)O[C@]2(C(=O)OC)c3c(oc4cc(C)cc(O)c4c3=O)[C@@H]3c4c(oc5cc(C)cc(O)c5c4=O)C[C@H]1[C@@H]32. The van der Waals surface area contributed by atoms with Crippen LogP contribution in [-0.2, 0) is 35.8 Å². The molecular formula is C31H26O12. The quantitative estimate of drug-likeness (QED) is 0.297. The van der Waals surface area contributed by atoms with Gasteiger partial charge in [0, 0.05) is 23.8 Å². The van der Waals surface area contributed by atoms with Crippen LogP contribution >= 0.6 is 0 Å². The predicted octanol–water partition coefficient (Wildman–Crippen LogP) is 2.51. The molecule has 0 unspecified atom stereocenters. The van der Waals surface area contributed by atoms with Crippen molar-refractivity contribution in [3.8, 4) is 11.5 Å². The van der Waals surface area contributed by atoms with Crippen LogP contribution in [0.4, 0.5) is 0 Å². The molecule has 1 aliphatic heterocycles. The van der Waals surface area contributed by atoms with Gasteiger partial charge in [0.2, 0.25) is 16.5 Å². The van der Waals surface area contributed by atoms with Gasteiger partial charge >= 0.3 is 11.9 Å². The summed E-state index contributed by atoms with van der Waals surface area (Å²) >= 11 is 0. The molecule has 0 saturated carbocycles. The second kappa shape index (κ2) is 8.68. The Labute approximate surface area is 242 Å². The number of benzene rings is 2. The molecule has 7 rings (SSSR count). The van der Waals surface area contributed by atoms with Gasteiger partial charge in [-0.15, -0.1) is 0 Å². The summed E-state index contributed by atoms with van der Waals surface area (Å²) < 4.78 is 28.7. The van der Waals surface area contributed by atoms with Gasteiger partial charge in [-0.05, 0) is 56.2 Å². The minimum absolute atomic E-state index is 0.0192. The monoisotopic (exact) mass is 590 g/mol. The number of carbonyl (C=O) groups is 2. The minimum atomic E-state index is -2.78. The number of phenols is 2. The van der Waals surface area contributed by atoms with E-state index in [2.05, 4.69) is 0 Å². The van der Waals surface area contributed by atoms with Crippen LogP contribution in [0.25, 0.3) is 21.9 Å². The molecule has 1 fully saturated rings. The maximum Gasteiger partial charge on any atom is 0.367 e. The molecule has 2 aromatic carbocycles. The molecule has 3 aliphatic rings. The molecule has 222 valence electrons. The maximum absolute atomic E-state index is 14.3. The fourth-order valence-corrected chi connectivity index (χ4v) is 7.38. The number of aliphatic hydroxyl groups is 1. The van der Waals surface area contributed by atoms with Crippen molar-refractivity contribution in [2.45, 2.75) is 44.5 Å². The summed E-state index contributed by atoms with van der Waals surface area (Å²) in [5, 5.41) is 33.0. The van der Waals surface area contributed by atoms with Crippen molar-refractivity contribution in [1.82, 2.24) is 0 Å². The van der Waals surface area contributed by atoms with E-state index < -0.39 is 63.3 Å². The number of ether oxygens (including phenoxy) is 3. The molecule has 2 aliphatic carbocycles. The molecule has 0 spiro atoms. The molecule has 5 atom stereocenters. The fraction of sp³-hybridized carbons (Fsp3) is 0.355. The summed E-state index contributed by atoms with van der Waals surface area (Å²) in [6.45, 7) is 4.76. The molecular weight excluding hydrogens is 564 g/mol. The average Bonchev–Trinajstić information content (AvgIpc) is 3.37. The van der Waals surface area contributed by atoms with Crippen LogP contribution in [0, 0.1) is 25.7 Å². The molecule has 3 heterocycles. The van der Waals surface area contributed by atoms with E-state index in [1.807, 2.05) is 0 Å². The Morgan fingerprint density at radius 2 is 1.56 bits per heavy atom. The Bertz CT molecular complexity index is 2050. The van der Waals surface area contributed by atoms with Crippen LogP contribution in [0.5, 0.6) is 11.5 Å². The highest BCUT2D eigenvalue weighted by Gasteiger charge is 2.78. The zero-order valence-corrected chi connectivity index (χ0v) is 23.5. The molecule has 0 bridgehead atoms. The van der Waals surface area contributed by atoms with Gasteiger partial charge in [-0.3, -0.25) is 9.59 Å². The van der Waals surface area contributed by atoms with Crippen molar-refractivity contribution in [3.05, 3.63) is 78.5 Å². The highest BCUT2D eigenvalue weighted by Crippen LogP contribution is 2.67. The number of hydrogen-bond donors (Lipinski definition) is 3. The molecule has 3 N–H and O–H groups in total. The summed E-state index contributed by atoms with van der Waals surface area (Å²) in [7, 11) is 1.05. The summed E-state index contributed by atoms with van der Waals surface area (Å²) in [6, 6.07) is 5.82. The Morgan fingerprint density at radius 1 is 0.953 bits per heavy atom. The van der Waals surface area contributed by atoms with Gasteiger partial charge < -0.3 is 38.4 Å². The standard InChI is InChI=1S/C31H26O12/c1-5-40-29(37)31(38)13-10-18-21(25(34)19-14(32)6-11(2)8-16(19)41-18)22-23(13)30(43-31,28(36)39-4)24-26(35)20-15(33)7-12(3)9-17(20)42-27(22)24/h6-9,13,22-23,32-33,38H,5,10H2,1-4H3/t13-,22+,23-,30-,31-/m0/s1. The summed E-state index contributed by atoms with van der Waals surface area (Å²) in [5.41, 5.74) is -3.20. The van der Waals surface area contributed by atoms with Crippen LogP contribution in [-0.4, -0.2) is 46.8 Å². The molecule has 12 nitrogen and oxygen atoms in total. The van der Waals surface area contributed by atoms with E-state index in [9.17, 15) is 34.5 Å². The lowest BCUT2D eigenvalue weighted by Gasteiger charge is -2.35. The topological polar surface area (TPSA) is 183 Å². The van der Waals surface area contributed by atoms with Gasteiger partial charge in [-0.1, -0.05) is 0 Å². The maximum atomic E-state index is 14.3. The van der Waals surface area contributed by atoms with Crippen molar-refractivity contribution in [2.24, 2.45) is 11.8 Å². The normalized spacial score (nSPS) is 26.7. The summed E-state index contributed by atoms with van der Waals surface area (Å²) in [4.78, 5) is 55.6. The minimum Gasteiger partial charge on any atom is -0.507 e. The Kier molecular flexibility index (Phi) is 5.48. The molecule has 0 radical (unpaired) electrons. The second-order valence-corrected chi connectivity index (χ2v) is 11.3. The lowest BCUT2D eigenvalue weighted by atomic mass is 9.66. The third-order valence-corrected chi connectivity index (χ3v) is 8.89. The van der Waals surface area contributed by atoms with E-state index in [0.717, 1.165) is 7.11 Å². The highest BCUT2D eigenvalue weighted by molar-refractivity contribution is 5.92. The molecule has 1 saturated heterocycles. The number of phenolic OH excluding ortho intramolecular Hbond substituents is 2. The van der Waals surface area contributed by atoms with Crippen molar-refractivity contribution in [1.29, 1.82) is 0 Å². The van der Waals surface area contributed by atoms with Gasteiger partial charge in [-0.25, -0.2) is 9.59 Å². The van der Waals surface area contributed by atoms with E-state index in [0.29, 0.717) is 11.1 Å².